The molecule has 6 heteroatoms. The molecule has 0 aromatic heterocycles. The molecule has 0 heterocycles. The highest BCUT2D eigenvalue weighted by Gasteiger charge is 2.01. The number of aliphatic hydroxyl groups is 1. The van der Waals surface area contributed by atoms with Crippen molar-refractivity contribution < 1.29 is 5.11 Å². The van der Waals surface area contributed by atoms with Crippen LogP contribution < -0.4 is 15.6 Å². The van der Waals surface area contributed by atoms with Crippen LogP contribution in [0.3, 0.4) is 0 Å². The minimum absolute atomic E-state index is 0.133. The molecule has 0 spiro atoms. The molecule has 26 heavy (non-hydrogen) atoms. The fourth-order valence-electron chi connectivity index (χ4n) is 2.37. The molecule has 0 aliphatic heterocycles. The molecular weight excluding hydrogens is 344 g/mol. The van der Waals surface area contributed by atoms with Crippen LogP contribution in [0, 0.1) is 0 Å². The molecule has 0 saturated carbocycles. The first kappa shape index (κ1) is 19.9. The fourth-order valence-corrected chi connectivity index (χ4v) is 2.54. The molecule has 5 nitrogen and oxygen atoms in total. The number of thiocarbonyl (C=S) groups is 1. The zero-order valence-electron chi connectivity index (χ0n) is 15.4. The molecule has 0 aliphatic carbocycles. The zero-order chi connectivity index (χ0) is 18.9. The molecule has 0 aliphatic rings. The van der Waals surface area contributed by atoms with Crippen LogP contribution in [0.5, 0.6) is 0 Å². The van der Waals surface area contributed by atoms with E-state index in [1.807, 2.05) is 48.3 Å². The summed E-state index contributed by atoms with van der Waals surface area (Å²) in [6, 6.07) is 16.1. The van der Waals surface area contributed by atoms with E-state index in [4.69, 9.17) is 17.3 Å². The summed E-state index contributed by atoms with van der Waals surface area (Å²) in [7, 11) is 1.94. The second kappa shape index (κ2) is 9.89. The Bertz CT molecular complexity index is 726. The van der Waals surface area contributed by atoms with Crippen molar-refractivity contribution >= 4 is 34.9 Å². The number of hydrogen-bond acceptors (Lipinski definition) is 4. The maximum atomic E-state index is 8.97. The highest BCUT2D eigenvalue weighted by atomic mass is 32.1. The maximum absolute atomic E-state index is 8.97. The van der Waals surface area contributed by atoms with Crippen molar-refractivity contribution in [1.29, 1.82) is 0 Å². The monoisotopic (exact) mass is 370 g/mol. The Hall–Kier alpha value is -2.44. The first-order chi connectivity index (χ1) is 12.5. The number of hydrogen-bond donors (Lipinski definition) is 3. The normalized spacial score (nSPS) is 11.0. The van der Waals surface area contributed by atoms with Crippen LogP contribution in [0.15, 0.2) is 53.6 Å². The molecule has 0 saturated heterocycles. The number of anilines is 2. The summed E-state index contributed by atoms with van der Waals surface area (Å²) in [4.78, 5) is 1.99. The average Bonchev–Trinajstić information content (AvgIpc) is 2.63. The van der Waals surface area contributed by atoms with Gasteiger partial charge in [-0.25, -0.2) is 0 Å². The Balaban J connectivity index is 1.84. The van der Waals surface area contributed by atoms with Crippen molar-refractivity contribution in [2.75, 3.05) is 30.4 Å². The van der Waals surface area contributed by atoms with Crippen LogP contribution in [-0.4, -0.2) is 36.6 Å². The Morgan fingerprint density at radius 3 is 2.38 bits per heavy atom. The molecule has 0 atom stereocenters. The van der Waals surface area contributed by atoms with Gasteiger partial charge in [-0.05, 0) is 53.5 Å². The number of hydrazone groups is 1. The van der Waals surface area contributed by atoms with Gasteiger partial charge in [0.25, 0.3) is 0 Å². The molecule has 0 bridgehead atoms. The predicted octanol–water partition coefficient (Wildman–Crippen LogP) is 3.56. The van der Waals surface area contributed by atoms with Gasteiger partial charge in [0.2, 0.25) is 0 Å². The lowest BCUT2D eigenvalue weighted by molar-refractivity contribution is 0.304. The van der Waals surface area contributed by atoms with Crippen molar-refractivity contribution in [2.24, 2.45) is 5.10 Å². The molecule has 2 aromatic rings. The molecule has 3 N–H and O–H groups in total. The third kappa shape index (κ3) is 6.13. The zero-order valence-corrected chi connectivity index (χ0v) is 16.3. The van der Waals surface area contributed by atoms with Gasteiger partial charge in [-0.15, -0.1) is 0 Å². The Morgan fingerprint density at radius 1 is 1.15 bits per heavy atom. The lowest BCUT2D eigenvalue weighted by atomic mass is 10.0. The summed E-state index contributed by atoms with van der Waals surface area (Å²) >= 11 is 5.25. The van der Waals surface area contributed by atoms with Crippen LogP contribution in [0.25, 0.3) is 0 Å². The van der Waals surface area contributed by atoms with Gasteiger partial charge in [0.15, 0.2) is 5.11 Å². The van der Waals surface area contributed by atoms with Gasteiger partial charge in [0, 0.05) is 25.0 Å². The Kier molecular flexibility index (Phi) is 7.56. The maximum Gasteiger partial charge on any atom is 0.191 e. The number of nitrogens with zero attached hydrogens (tertiary/aromatic N) is 2. The van der Waals surface area contributed by atoms with Crippen LogP contribution in [-0.2, 0) is 0 Å². The molecule has 0 radical (unpaired) electrons. The largest absolute Gasteiger partial charge is 0.395 e. The first-order valence-corrected chi connectivity index (χ1v) is 9.02. The van der Waals surface area contributed by atoms with E-state index in [0.717, 1.165) is 16.9 Å². The topological polar surface area (TPSA) is 59.9 Å². The van der Waals surface area contributed by atoms with Crippen LogP contribution in [0.2, 0.25) is 0 Å². The third-order valence-corrected chi connectivity index (χ3v) is 4.18. The van der Waals surface area contributed by atoms with Gasteiger partial charge < -0.3 is 15.3 Å². The summed E-state index contributed by atoms with van der Waals surface area (Å²) < 4.78 is 0. The minimum Gasteiger partial charge on any atom is -0.395 e. The molecule has 0 unspecified atom stereocenters. The molecule has 2 rings (SSSR count). The highest BCUT2D eigenvalue weighted by molar-refractivity contribution is 7.80. The first-order valence-electron chi connectivity index (χ1n) is 8.61. The second-order valence-corrected chi connectivity index (χ2v) is 6.75. The van der Waals surface area contributed by atoms with Gasteiger partial charge in [0.1, 0.15) is 0 Å². The number of nitrogens with one attached hydrogen (secondary N) is 2. The van der Waals surface area contributed by atoms with Crippen molar-refractivity contribution in [3.8, 4) is 0 Å². The number of benzene rings is 2. The van der Waals surface area contributed by atoms with Crippen molar-refractivity contribution in [3.63, 3.8) is 0 Å². The molecule has 0 fully saturated rings. The predicted molar refractivity (Wildman–Crippen MR) is 114 cm³/mol. The quantitative estimate of drug-likeness (QED) is 0.395. The van der Waals surface area contributed by atoms with Crippen molar-refractivity contribution in [1.82, 2.24) is 5.43 Å². The van der Waals surface area contributed by atoms with Crippen molar-refractivity contribution in [2.45, 2.75) is 19.8 Å². The third-order valence-electron chi connectivity index (χ3n) is 3.98. The molecule has 2 aromatic carbocycles. The van der Waals surface area contributed by atoms with Crippen LogP contribution >= 0.6 is 12.2 Å². The number of likely N-dealkylation sites (N-methyl/N-ethyl adjacent to an activating group) is 1. The SMILES string of the molecule is CC(C)c1ccc(NC(=S)N/N=C\c2ccc(N(C)CCO)cc2)cc1. The number of aliphatic hydroxyl groups excluding tert-OH is 1. The van der Waals surface area contributed by atoms with Gasteiger partial charge in [-0.1, -0.05) is 38.1 Å². The summed E-state index contributed by atoms with van der Waals surface area (Å²) in [5, 5.41) is 16.7. The fraction of sp³-hybridized carbons (Fsp3) is 0.300. The van der Waals surface area contributed by atoms with Gasteiger partial charge in [-0.3, -0.25) is 5.43 Å². The van der Waals surface area contributed by atoms with E-state index < -0.39 is 0 Å². The Morgan fingerprint density at radius 2 is 1.81 bits per heavy atom. The van der Waals surface area contributed by atoms with Gasteiger partial charge in [0.05, 0.1) is 12.8 Å². The van der Waals surface area contributed by atoms with Crippen molar-refractivity contribution in [3.05, 3.63) is 59.7 Å². The van der Waals surface area contributed by atoms with E-state index in [1.165, 1.54) is 5.56 Å². The van der Waals surface area contributed by atoms with Crippen LogP contribution in [0.1, 0.15) is 30.9 Å². The Labute approximate surface area is 160 Å². The van der Waals surface area contributed by atoms with E-state index in [-0.39, 0.29) is 6.61 Å². The smallest absolute Gasteiger partial charge is 0.191 e. The summed E-state index contributed by atoms with van der Waals surface area (Å²) in [5.74, 6) is 0.508. The van der Waals surface area contributed by atoms with E-state index in [0.29, 0.717) is 17.6 Å². The molecule has 0 amide bonds. The van der Waals surface area contributed by atoms with E-state index >= 15 is 0 Å². The van der Waals surface area contributed by atoms with E-state index in [9.17, 15) is 0 Å². The number of rotatable bonds is 7. The van der Waals surface area contributed by atoms with Gasteiger partial charge in [-0.2, -0.15) is 5.10 Å². The highest BCUT2D eigenvalue weighted by Crippen LogP contribution is 2.17. The molecular formula is C20H26N4OS. The lowest BCUT2D eigenvalue weighted by Crippen LogP contribution is -2.23. The summed E-state index contributed by atoms with van der Waals surface area (Å²) in [6.07, 6.45) is 1.71. The van der Waals surface area contributed by atoms with E-state index in [1.54, 1.807) is 6.21 Å². The second-order valence-electron chi connectivity index (χ2n) is 6.34. The summed E-state index contributed by atoms with van der Waals surface area (Å²) in [6.45, 7) is 5.07. The average molecular weight is 371 g/mol. The van der Waals surface area contributed by atoms with Gasteiger partial charge >= 0.3 is 0 Å². The lowest BCUT2D eigenvalue weighted by Gasteiger charge is -2.17. The molecule has 138 valence electrons. The van der Waals surface area contributed by atoms with E-state index in [2.05, 4.69) is 41.8 Å². The van der Waals surface area contributed by atoms with Crippen LogP contribution in [0.4, 0.5) is 11.4 Å². The minimum atomic E-state index is 0.133. The summed E-state index contributed by atoms with van der Waals surface area (Å²) in [5.41, 5.74) is 7.05. The standard InChI is InChI=1S/C20H26N4OS/c1-15(2)17-6-8-18(9-7-17)22-20(26)23-21-14-16-4-10-19(11-5-16)24(3)12-13-25/h4-11,14-15,25H,12-13H2,1-3H3,(H2,22,23,26)/b21-14-.